The fraction of sp³-hybridized carbons (Fsp3) is 0.611. The first kappa shape index (κ1) is 21.2. The van der Waals surface area contributed by atoms with E-state index in [1.54, 1.807) is 6.07 Å². The molecule has 1 aliphatic heterocycles. The largest absolute Gasteiger partial charge is 0.378 e. The predicted molar refractivity (Wildman–Crippen MR) is 108 cm³/mol. The van der Waals surface area contributed by atoms with E-state index in [1.807, 2.05) is 13.0 Å². The third-order valence-electron chi connectivity index (χ3n) is 4.08. The van der Waals surface area contributed by atoms with Crippen LogP contribution >= 0.6 is 24.0 Å². The van der Waals surface area contributed by atoms with Crippen LogP contribution in [0.1, 0.15) is 37.3 Å². The molecule has 1 saturated heterocycles. The molecule has 2 rings (SSSR count). The third kappa shape index (κ3) is 7.34. The molecule has 0 aliphatic carbocycles. The number of nitrogens with one attached hydrogen (secondary N) is 2. The van der Waals surface area contributed by atoms with Crippen molar-refractivity contribution >= 4 is 29.9 Å². The molecule has 1 aromatic carbocycles. The maximum absolute atomic E-state index is 13.1. The molecular weight excluding hydrogens is 420 g/mol. The molecule has 1 atom stereocenters. The van der Waals surface area contributed by atoms with Gasteiger partial charge in [-0.2, -0.15) is 0 Å². The van der Waals surface area contributed by atoms with Crippen LogP contribution in [0.5, 0.6) is 0 Å². The van der Waals surface area contributed by atoms with E-state index in [2.05, 4.69) is 22.5 Å². The molecule has 0 spiro atoms. The third-order valence-corrected chi connectivity index (χ3v) is 4.08. The molecule has 0 aromatic heterocycles. The smallest absolute Gasteiger partial charge is 0.191 e. The number of hydrogen-bond donors (Lipinski definition) is 2. The van der Waals surface area contributed by atoms with Gasteiger partial charge in [-0.05, 0) is 62.8 Å². The van der Waals surface area contributed by atoms with Crippen LogP contribution in [0.15, 0.2) is 23.2 Å². The number of hydrogen-bond acceptors (Lipinski definition) is 2. The number of guanidine groups is 1. The lowest BCUT2D eigenvalue weighted by atomic mass is 10.1. The number of aliphatic imine (C=N–C) groups is 1. The fourth-order valence-corrected chi connectivity index (χ4v) is 2.79. The minimum atomic E-state index is -0.178. The summed E-state index contributed by atoms with van der Waals surface area (Å²) in [5, 5.41) is 6.60. The van der Waals surface area contributed by atoms with Gasteiger partial charge in [-0.3, -0.25) is 4.99 Å². The predicted octanol–water partition coefficient (Wildman–Crippen LogP) is 3.42. The number of aryl methyl sites for hydroxylation is 1. The van der Waals surface area contributed by atoms with E-state index < -0.39 is 0 Å². The Morgan fingerprint density at radius 1 is 1.38 bits per heavy atom. The van der Waals surface area contributed by atoms with Crippen LogP contribution in [0.25, 0.3) is 0 Å². The number of benzene rings is 1. The van der Waals surface area contributed by atoms with Gasteiger partial charge < -0.3 is 15.4 Å². The van der Waals surface area contributed by atoms with Crippen molar-refractivity contribution in [2.75, 3.05) is 26.2 Å². The number of rotatable bonds is 7. The maximum atomic E-state index is 13.1. The first-order chi connectivity index (χ1) is 11.2. The highest BCUT2D eigenvalue weighted by Crippen LogP contribution is 2.15. The van der Waals surface area contributed by atoms with Gasteiger partial charge in [0.15, 0.2) is 5.96 Å². The highest BCUT2D eigenvalue weighted by atomic mass is 127. The van der Waals surface area contributed by atoms with Gasteiger partial charge in [0.1, 0.15) is 5.82 Å². The van der Waals surface area contributed by atoms with Crippen molar-refractivity contribution in [2.24, 2.45) is 4.99 Å². The van der Waals surface area contributed by atoms with Gasteiger partial charge in [0.25, 0.3) is 0 Å². The van der Waals surface area contributed by atoms with E-state index in [1.165, 1.54) is 12.5 Å². The van der Waals surface area contributed by atoms with Gasteiger partial charge in [0.2, 0.25) is 0 Å². The second kappa shape index (κ2) is 11.6. The molecule has 0 amide bonds. The molecule has 0 bridgehead atoms. The molecule has 24 heavy (non-hydrogen) atoms. The van der Waals surface area contributed by atoms with Crippen LogP contribution < -0.4 is 10.6 Å². The van der Waals surface area contributed by atoms with Crippen LogP contribution in [0.4, 0.5) is 4.39 Å². The molecule has 2 N–H and O–H groups in total. The van der Waals surface area contributed by atoms with Gasteiger partial charge in [0, 0.05) is 26.2 Å². The lowest BCUT2D eigenvalue weighted by Gasteiger charge is -2.13. The average molecular weight is 449 g/mol. The van der Waals surface area contributed by atoms with Crippen molar-refractivity contribution in [1.82, 2.24) is 10.6 Å². The molecule has 4 nitrogen and oxygen atoms in total. The van der Waals surface area contributed by atoms with Crippen LogP contribution in [-0.4, -0.2) is 38.3 Å². The van der Waals surface area contributed by atoms with Crippen LogP contribution in [0, 0.1) is 12.7 Å². The summed E-state index contributed by atoms with van der Waals surface area (Å²) >= 11 is 0. The van der Waals surface area contributed by atoms with E-state index in [4.69, 9.17) is 4.74 Å². The zero-order valence-corrected chi connectivity index (χ0v) is 16.9. The second-order valence-corrected chi connectivity index (χ2v) is 5.93. The Kier molecular flexibility index (Phi) is 10.2. The standard InChI is InChI=1S/C18H28FN3O.HI/c1-3-20-18(22-11-9-17-5-4-12-23-17)21-10-8-15-6-7-16(19)13-14(15)2;/h6-7,13,17H,3-5,8-12H2,1-2H3,(H2,20,21,22);1H. The zero-order chi connectivity index (χ0) is 16.5. The Balaban J connectivity index is 0.00000288. The van der Waals surface area contributed by atoms with Gasteiger partial charge in [-0.25, -0.2) is 4.39 Å². The molecule has 1 heterocycles. The number of nitrogens with zero attached hydrogens (tertiary/aromatic N) is 1. The quantitative estimate of drug-likeness (QED) is 0.381. The van der Waals surface area contributed by atoms with E-state index in [9.17, 15) is 4.39 Å². The summed E-state index contributed by atoms with van der Waals surface area (Å²) in [7, 11) is 0. The summed E-state index contributed by atoms with van der Waals surface area (Å²) < 4.78 is 18.7. The van der Waals surface area contributed by atoms with Gasteiger partial charge in [0.05, 0.1) is 6.10 Å². The van der Waals surface area contributed by atoms with Crippen LogP contribution in [0.2, 0.25) is 0 Å². The zero-order valence-electron chi connectivity index (χ0n) is 14.6. The van der Waals surface area contributed by atoms with Crippen molar-refractivity contribution in [1.29, 1.82) is 0 Å². The molecule has 1 aliphatic rings. The summed E-state index contributed by atoms with van der Waals surface area (Å²) in [6.45, 7) is 7.28. The molecular formula is C18H29FIN3O. The Hall–Kier alpha value is -0.890. The summed E-state index contributed by atoms with van der Waals surface area (Å²) in [5.41, 5.74) is 2.15. The topological polar surface area (TPSA) is 45.7 Å². The summed E-state index contributed by atoms with van der Waals surface area (Å²) in [6, 6.07) is 4.95. The lowest BCUT2D eigenvalue weighted by molar-refractivity contribution is 0.106. The summed E-state index contributed by atoms with van der Waals surface area (Å²) in [6.07, 6.45) is 4.53. The van der Waals surface area contributed by atoms with E-state index in [0.717, 1.165) is 62.6 Å². The molecule has 1 fully saturated rings. The van der Waals surface area contributed by atoms with E-state index in [-0.39, 0.29) is 29.8 Å². The molecule has 1 unspecified atom stereocenters. The molecule has 0 saturated carbocycles. The monoisotopic (exact) mass is 449 g/mol. The Morgan fingerprint density at radius 3 is 2.88 bits per heavy atom. The lowest BCUT2D eigenvalue weighted by Crippen LogP contribution is -2.38. The summed E-state index contributed by atoms with van der Waals surface area (Å²) in [5.74, 6) is 0.661. The van der Waals surface area contributed by atoms with E-state index >= 15 is 0 Å². The minimum Gasteiger partial charge on any atom is -0.378 e. The summed E-state index contributed by atoms with van der Waals surface area (Å²) in [4.78, 5) is 4.60. The van der Waals surface area contributed by atoms with Crippen molar-refractivity contribution in [2.45, 2.75) is 45.6 Å². The van der Waals surface area contributed by atoms with Gasteiger partial charge in [-0.15, -0.1) is 24.0 Å². The van der Waals surface area contributed by atoms with Gasteiger partial charge >= 0.3 is 0 Å². The molecule has 1 aromatic rings. The number of ether oxygens (including phenoxy) is 1. The maximum Gasteiger partial charge on any atom is 0.191 e. The van der Waals surface area contributed by atoms with Crippen molar-refractivity contribution in [3.63, 3.8) is 0 Å². The SMILES string of the molecule is CCNC(=NCCC1CCCO1)NCCc1ccc(F)cc1C.I. The molecule has 0 radical (unpaired) electrons. The minimum absolute atomic E-state index is 0. The Labute approximate surface area is 161 Å². The Bertz CT molecular complexity index is 519. The van der Waals surface area contributed by atoms with Crippen molar-refractivity contribution < 1.29 is 9.13 Å². The second-order valence-electron chi connectivity index (χ2n) is 5.93. The van der Waals surface area contributed by atoms with Gasteiger partial charge in [-0.1, -0.05) is 6.07 Å². The molecule has 136 valence electrons. The van der Waals surface area contributed by atoms with Crippen LogP contribution in [-0.2, 0) is 11.2 Å². The fourth-order valence-electron chi connectivity index (χ4n) is 2.79. The van der Waals surface area contributed by atoms with E-state index in [0.29, 0.717) is 6.10 Å². The first-order valence-corrected chi connectivity index (χ1v) is 8.58. The van der Waals surface area contributed by atoms with Crippen molar-refractivity contribution in [3.8, 4) is 0 Å². The highest BCUT2D eigenvalue weighted by Gasteiger charge is 2.14. The molecule has 6 heteroatoms. The highest BCUT2D eigenvalue weighted by molar-refractivity contribution is 14.0. The average Bonchev–Trinajstić information content (AvgIpc) is 3.03. The normalized spacial score (nSPS) is 17.5. The number of halogens is 2. The Morgan fingerprint density at radius 2 is 2.21 bits per heavy atom. The first-order valence-electron chi connectivity index (χ1n) is 8.58. The van der Waals surface area contributed by atoms with Crippen molar-refractivity contribution in [3.05, 3.63) is 35.1 Å². The van der Waals surface area contributed by atoms with Crippen LogP contribution in [0.3, 0.4) is 0 Å².